The van der Waals surface area contributed by atoms with Crippen LogP contribution in [0.3, 0.4) is 0 Å². The molecule has 7 nitrogen and oxygen atoms in total. The molecule has 1 atom stereocenters. The van der Waals surface area contributed by atoms with E-state index in [2.05, 4.69) is 15.5 Å². The van der Waals surface area contributed by atoms with E-state index in [4.69, 9.17) is 11.6 Å². The lowest BCUT2D eigenvalue weighted by Crippen LogP contribution is -2.44. The number of nitrogens with zero attached hydrogens (tertiary/aromatic N) is 4. The molecular formula is C23H24ClN5O2S. The number of anilines is 1. The fourth-order valence-corrected chi connectivity index (χ4v) is 4.64. The van der Waals surface area contributed by atoms with Crippen LogP contribution in [0.1, 0.15) is 18.4 Å². The summed E-state index contributed by atoms with van der Waals surface area (Å²) in [6.45, 7) is 3.03. The number of hydrogen-bond acceptors (Lipinski definition) is 5. The zero-order chi connectivity index (χ0) is 22.5. The number of para-hydroxylation sites is 1. The summed E-state index contributed by atoms with van der Waals surface area (Å²) in [5.41, 5.74) is 2.60. The van der Waals surface area contributed by atoms with Crippen molar-refractivity contribution in [2.45, 2.75) is 24.9 Å². The van der Waals surface area contributed by atoms with Crippen LogP contribution >= 0.6 is 23.4 Å². The summed E-state index contributed by atoms with van der Waals surface area (Å²) in [7, 11) is 0. The van der Waals surface area contributed by atoms with Gasteiger partial charge in [0.25, 0.3) is 0 Å². The minimum atomic E-state index is -0.212. The molecule has 1 aromatic heterocycles. The molecular weight excluding hydrogens is 446 g/mol. The zero-order valence-corrected chi connectivity index (χ0v) is 19.3. The number of hydrogen-bond donors (Lipinski definition) is 1. The lowest BCUT2D eigenvalue weighted by atomic mass is 9.97. The van der Waals surface area contributed by atoms with Crippen molar-refractivity contribution < 1.29 is 9.59 Å². The normalized spacial score (nSPS) is 16.1. The summed E-state index contributed by atoms with van der Waals surface area (Å²) in [5, 5.41) is 12.4. The van der Waals surface area contributed by atoms with Gasteiger partial charge in [-0.2, -0.15) is 0 Å². The van der Waals surface area contributed by atoms with Gasteiger partial charge in [-0.25, -0.2) is 0 Å². The van der Waals surface area contributed by atoms with Crippen molar-refractivity contribution in [3.63, 3.8) is 0 Å². The first kappa shape index (κ1) is 22.4. The van der Waals surface area contributed by atoms with E-state index in [-0.39, 0.29) is 23.5 Å². The molecule has 0 spiro atoms. The van der Waals surface area contributed by atoms with E-state index in [0.717, 1.165) is 29.8 Å². The number of thioether (sulfide) groups is 1. The summed E-state index contributed by atoms with van der Waals surface area (Å²) in [6.07, 6.45) is 3.19. The predicted molar refractivity (Wildman–Crippen MR) is 126 cm³/mol. The van der Waals surface area contributed by atoms with Gasteiger partial charge in [0, 0.05) is 23.8 Å². The molecule has 0 saturated carbocycles. The van der Waals surface area contributed by atoms with Gasteiger partial charge >= 0.3 is 0 Å². The molecule has 0 aliphatic carbocycles. The first-order valence-electron chi connectivity index (χ1n) is 10.4. The van der Waals surface area contributed by atoms with E-state index in [1.54, 1.807) is 11.2 Å². The summed E-state index contributed by atoms with van der Waals surface area (Å²) >= 11 is 7.58. The van der Waals surface area contributed by atoms with Gasteiger partial charge in [-0.15, -0.1) is 10.2 Å². The highest BCUT2D eigenvalue weighted by atomic mass is 35.5. The molecule has 166 valence electrons. The van der Waals surface area contributed by atoms with E-state index >= 15 is 0 Å². The van der Waals surface area contributed by atoms with E-state index in [1.807, 2.05) is 60.0 Å². The number of amides is 2. The molecule has 3 aromatic rings. The first-order chi connectivity index (χ1) is 15.5. The summed E-state index contributed by atoms with van der Waals surface area (Å²) < 4.78 is 1.82. The third-order valence-electron chi connectivity index (χ3n) is 5.46. The average molecular weight is 470 g/mol. The average Bonchev–Trinajstić information content (AvgIpc) is 3.28. The Bertz CT molecular complexity index is 1100. The number of halogens is 1. The van der Waals surface area contributed by atoms with E-state index in [0.29, 0.717) is 23.3 Å². The fourth-order valence-electron chi connectivity index (χ4n) is 3.63. The standard InChI is InChI=1S/C23H24ClN5O2S/c1-16-9-10-19(12-20(16)24)29-15-25-27-23(29)32-14-21(30)28-11-5-6-17(13-28)22(31)26-18-7-3-2-4-8-18/h2-4,7-10,12,15,17H,5-6,11,13-14H2,1H3,(H,26,31). The maximum absolute atomic E-state index is 12.9. The van der Waals surface area contributed by atoms with Crippen molar-refractivity contribution in [2.24, 2.45) is 5.92 Å². The van der Waals surface area contributed by atoms with Crippen LogP contribution in [-0.2, 0) is 9.59 Å². The zero-order valence-electron chi connectivity index (χ0n) is 17.7. The lowest BCUT2D eigenvalue weighted by Gasteiger charge is -2.32. The number of aryl methyl sites for hydroxylation is 1. The van der Waals surface area contributed by atoms with Gasteiger partial charge in [0.15, 0.2) is 5.16 Å². The number of piperidine rings is 1. The number of nitrogens with one attached hydrogen (secondary N) is 1. The Morgan fingerprint density at radius 3 is 2.81 bits per heavy atom. The van der Waals surface area contributed by atoms with Crippen molar-refractivity contribution in [3.05, 3.63) is 65.4 Å². The van der Waals surface area contributed by atoms with Crippen LogP contribution in [0.2, 0.25) is 5.02 Å². The number of aromatic nitrogens is 3. The number of carbonyl (C=O) groups excluding carboxylic acids is 2. The Balaban J connectivity index is 1.35. The van der Waals surface area contributed by atoms with Crippen LogP contribution in [-0.4, -0.2) is 50.3 Å². The molecule has 1 saturated heterocycles. The van der Waals surface area contributed by atoms with Crippen LogP contribution < -0.4 is 5.32 Å². The number of carbonyl (C=O) groups is 2. The molecule has 1 unspecified atom stereocenters. The molecule has 32 heavy (non-hydrogen) atoms. The Hall–Kier alpha value is -2.84. The Morgan fingerprint density at radius 1 is 1.22 bits per heavy atom. The first-order valence-corrected chi connectivity index (χ1v) is 11.8. The molecule has 9 heteroatoms. The Labute approximate surface area is 196 Å². The summed E-state index contributed by atoms with van der Waals surface area (Å²) in [4.78, 5) is 27.3. The Kier molecular flexibility index (Phi) is 7.12. The van der Waals surface area contributed by atoms with E-state index < -0.39 is 0 Å². The van der Waals surface area contributed by atoms with Gasteiger partial charge in [-0.1, -0.05) is 47.6 Å². The third kappa shape index (κ3) is 5.31. The van der Waals surface area contributed by atoms with Crippen molar-refractivity contribution in [1.82, 2.24) is 19.7 Å². The molecule has 2 amide bonds. The molecule has 2 aromatic carbocycles. The lowest BCUT2D eigenvalue weighted by molar-refractivity contribution is -0.132. The van der Waals surface area contributed by atoms with Gasteiger partial charge in [0.1, 0.15) is 6.33 Å². The quantitative estimate of drug-likeness (QED) is 0.547. The molecule has 1 fully saturated rings. The number of benzene rings is 2. The van der Waals surface area contributed by atoms with E-state index in [9.17, 15) is 9.59 Å². The van der Waals surface area contributed by atoms with Gasteiger partial charge in [0.05, 0.1) is 17.4 Å². The predicted octanol–water partition coefficient (Wildman–Crippen LogP) is 4.20. The monoisotopic (exact) mass is 469 g/mol. The highest BCUT2D eigenvalue weighted by Crippen LogP contribution is 2.25. The maximum atomic E-state index is 12.9. The minimum Gasteiger partial charge on any atom is -0.341 e. The fraction of sp³-hybridized carbons (Fsp3) is 0.304. The van der Waals surface area contributed by atoms with Gasteiger partial charge in [-0.05, 0) is 49.6 Å². The largest absolute Gasteiger partial charge is 0.341 e. The molecule has 4 rings (SSSR count). The minimum absolute atomic E-state index is 0.0105. The van der Waals surface area contributed by atoms with Crippen LogP contribution in [0.25, 0.3) is 5.69 Å². The topological polar surface area (TPSA) is 80.1 Å². The van der Waals surface area contributed by atoms with Gasteiger partial charge in [0.2, 0.25) is 11.8 Å². The van der Waals surface area contributed by atoms with Crippen LogP contribution in [0.5, 0.6) is 0 Å². The second-order valence-electron chi connectivity index (χ2n) is 7.74. The maximum Gasteiger partial charge on any atom is 0.233 e. The number of likely N-dealkylation sites (tertiary alicyclic amines) is 1. The summed E-state index contributed by atoms with van der Waals surface area (Å²) in [6, 6.07) is 15.1. The van der Waals surface area contributed by atoms with Crippen LogP contribution in [0.15, 0.2) is 60.0 Å². The highest BCUT2D eigenvalue weighted by molar-refractivity contribution is 7.99. The molecule has 1 aliphatic heterocycles. The van der Waals surface area contributed by atoms with Crippen LogP contribution in [0, 0.1) is 12.8 Å². The van der Waals surface area contributed by atoms with Crippen LogP contribution in [0.4, 0.5) is 5.69 Å². The van der Waals surface area contributed by atoms with Gasteiger partial charge < -0.3 is 10.2 Å². The number of rotatable bonds is 6. The highest BCUT2D eigenvalue weighted by Gasteiger charge is 2.28. The van der Waals surface area contributed by atoms with Crippen molar-refractivity contribution >= 4 is 40.9 Å². The summed E-state index contributed by atoms with van der Waals surface area (Å²) in [5.74, 6) is -0.0389. The molecule has 2 heterocycles. The van der Waals surface area contributed by atoms with Gasteiger partial charge in [-0.3, -0.25) is 14.2 Å². The van der Waals surface area contributed by atoms with E-state index in [1.165, 1.54) is 11.8 Å². The smallest absolute Gasteiger partial charge is 0.233 e. The Morgan fingerprint density at radius 2 is 2.03 bits per heavy atom. The second kappa shape index (κ2) is 10.2. The molecule has 1 N–H and O–H groups in total. The molecule has 1 aliphatic rings. The van der Waals surface area contributed by atoms with Crippen molar-refractivity contribution in [2.75, 3.05) is 24.2 Å². The second-order valence-corrected chi connectivity index (χ2v) is 9.09. The SMILES string of the molecule is Cc1ccc(-n2cnnc2SCC(=O)N2CCCC(C(=O)Nc3ccccc3)C2)cc1Cl. The van der Waals surface area contributed by atoms with Crippen molar-refractivity contribution in [3.8, 4) is 5.69 Å². The third-order valence-corrected chi connectivity index (χ3v) is 6.80. The molecule has 0 bridgehead atoms. The molecule has 0 radical (unpaired) electrons. The van der Waals surface area contributed by atoms with Crippen molar-refractivity contribution in [1.29, 1.82) is 0 Å².